The van der Waals surface area contributed by atoms with Crippen molar-refractivity contribution < 1.29 is 10.2 Å². The van der Waals surface area contributed by atoms with E-state index in [4.69, 9.17) is 0 Å². The van der Waals surface area contributed by atoms with Crippen LogP contribution >= 0.6 is 0 Å². The van der Waals surface area contributed by atoms with Gasteiger partial charge in [0.1, 0.15) is 0 Å². The van der Waals surface area contributed by atoms with E-state index >= 15 is 0 Å². The molecule has 15 heavy (non-hydrogen) atoms. The number of rotatable bonds is 8. The van der Waals surface area contributed by atoms with E-state index in [0.29, 0.717) is 0 Å². The van der Waals surface area contributed by atoms with Gasteiger partial charge in [0.15, 0.2) is 0 Å². The van der Waals surface area contributed by atoms with Crippen molar-refractivity contribution in [3.8, 4) is 0 Å². The van der Waals surface area contributed by atoms with Crippen LogP contribution in [-0.4, -0.2) is 21.9 Å². The Bertz CT molecular complexity index is 149. The molecule has 0 radical (unpaired) electrons. The fourth-order valence-electron chi connectivity index (χ4n) is 2.63. The van der Waals surface area contributed by atoms with Gasteiger partial charge in [0.2, 0.25) is 0 Å². The molecule has 0 rings (SSSR count). The molecule has 2 unspecified atom stereocenters. The molecular weight excluding hydrogens is 188 g/mol. The second-order valence-corrected chi connectivity index (χ2v) is 4.74. The summed E-state index contributed by atoms with van der Waals surface area (Å²) in [5.74, 6) is 0.0300. The molecule has 0 fully saturated rings. The summed E-state index contributed by atoms with van der Waals surface area (Å²) in [5, 5.41) is 20.4. The highest BCUT2D eigenvalue weighted by Crippen LogP contribution is 2.33. The van der Waals surface area contributed by atoms with Crippen molar-refractivity contribution in [1.29, 1.82) is 0 Å². The summed E-state index contributed by atoms with van der Waals surface area (Å²) in [6.45, 7) is 8.08. The molecule has 0 amide bonds. The summed E-state index contributed by atoms with van der Waals surface area (Å²) in [6.07, 6.45) is 5.08. The van der Waals surface area contributed by atoms with Crippen LogP contribution in [0.5, 0.6) is 0 Å². The van der Waals surface area contributed by atoms with Gasteiger partial charge in [0, 0.05) is 5.92 Å². The van der Waals surface area contributed by atoms with E-state index in [9.17, 15) is 10.2 Å². The maximum absolute atomic E-state index is 10.6. The van der Waals surface area contributed by atoms with Gasteiger partial charge < -0.3 is 10.2 Å². The fraction of sp³-hybridized carbons (Fsp3) is 1.00. The second-order valence-electron chi connectivity index (χ2n) is 4.74. The Balaban J connectivity index is 4.64. The Morgan fingerprint density at radius 3 is 1.73 bits per heavy atom. The number of aliphatic hydroxyl groups is 2. The van der Waals surface area contributed by atoms with Gasteiger partial charge in [-0.15, -0.1) is 0 Å². The first-order valence-electron chi connectivity index (χ1n) is 6.42. The van der Waals surface area contributed by atoms with Crippen LogP contribution in [0.25, 0.3) is 0 Å². The Hall–Kier alpha value is -0.0800. The minimum absolute atomic E-state index is 0.0300. The normalized spacial score (nSPS) is 16.4. The van der Waals surface area contributed by atoms with Crippen LogP contribution in [0.1, 0.15) is 66.2 Å². The topological polar surface area (TPSA) is 40.5 Å². The van der Waals surface area contributed by atoms with Gasteiger partial charge in [-0.25, -0.2) is 0 Å². The summed E-state index contributed by atoms with van der Waals surface area (Å²) < 4.78 is 0. The predicted octanol–water partition coefficient (Wildman–Crippen LogP) is 3.11. The lowest BCUT2D eigenvalue weighted by Gasteiger charge is -2.38. The highest BCUT2D eigenvalue weighted by molar-refractivity contribution is 4.88. The van der Waals surface area contributed by atoms with Gasteiger partial charge in [-0.05, 0) is 26.2 Å². The van der Waals surface area contributed by atoms with E-state index < -0.39 is 11.7 Å². The maximum atomic E-state index is 10.6. The Kier molecular flexibility index (Phi) is 7.20. The van der Waals surface area contributed by atoms with Crippen LogP contribution in [0.2, 0.25) is 0 Å². The molecule has 0 heterocycles. The molecule has 0 aliphatic heterocycles. The van der Waals surface area contributed by atoms with Crippen LogP contribution < -0.4 is 0 Å². The first kappa shape index (κ1) is 14.9. The third-order valence-corrected chi connectivity index (χ3v) is 3.24. The Morgan fingerprint density at radius 2 is 1.47 bits per heavy atom. The molecule has 0 bridgehead atoms. The molecule has 0 saturated heterocycles. The standard InChI is InChI=1S/C13H28O2/c1-5-8-12(11(4)14)13(15,9-6-2)10-7-3/h11-12,14-15H,5-10H2,1-4H3. The van der Waals surface area contributed by atoms with Gasteiger partial charge in [-0.3, -0.25) is 0 Å². The molecule has 0 aromatic carbocycles. The van der Waals surface area contributed by atoms with E-state index in [1.165, 1.54) is 0 Å². The van der Waals surface area contributed by atoms with Crippen molar-refractivity contribution in [3.63, 3.8) is 0 Å². The van der Waals surface area contributed by atoms with E-state index in [1.54, 1.807) is 6.92 Å². The molecule has 0 aliphatic carbocycles. The van der Waals surface area contributed by atoms with Gasteiger partial charge in [0.25, 0.3) is 0 Å². The maximum Gasteiger partial charge on any atom is 0.0700 e. The summed E-state index contributed by atoms with van der Waals surface area (Å²) >= 11 is 0. The van der Waals surface area contributed by atoms with Gasteiger partial charge in [-0.1, -0.05) is 40.0 Å². The highest BCUT2D eigenvalue weighted by atomic mass is 16.3. The monoisotopic (exact) mass is 216 g/mol. The summed E-state index contributed by atoms with van der Waals surface area (Å²) in [6, 6.07) is 0. The largest absolute Gasteiger partial charge is 0.393 e. The SMILES string of the molecule is CCCC(C(C)O)C(O)(CCC)CCC. The predicted molar refractivity (Wildman–Crippen MR) is 64.8 cm³/mol. The lowest BCUT2D eigenvalue weighted by Crippen LogP contribution is -2.43. The lowest BCUT2D eigenvalue weighted by atomic mass is 9.75. The van der Waals surface area contributed by atoms with Crippen molar-refractivity contribution in [2.45, 2.75) is 77.9 Å². The van der Waals surface area contributed by atoms with Crippen LogP contribution in [0.15, 0.2) is 0 Å². The molecule has 0 spiro atoms. The lowest BCUT2D eigenvalue weighted by molar-refractivity contribution is -0.0817. The highest BCUT2D eigenvalue weighted by Gasteiger charge is 2.36. The number of hydrogen-bond acceptors (Lipinski definition) is 2. The zero-order chi connectivity index (χ0) is 11.9. The van der Waals surface area contributed by atoms with Crippen LogP contribution in [-0.2, 0) is 0 Å². The molecule has 2 atom stereocenters. The van der Waals surface area contributed by atoms with Gasteiger partial charge in [0.05, 0.1) is 11.7 Å². The third kappa shape index (κ3) is 4.52. The third-order valence-electron chi connectivity index (χ3n) is 3.24. The smallest absolute Gasteiger partial charge is 0.0700 e. The summed E-state index contributed by atoms with van der Waals surface area (Å²) in [5.41, 5.74) is -0.659. The molecule has 2 heteroatoms. The molecule has 0 aromatic heterocycles. The molecule has 0 aliphatic rings. The Morgan fingerprint density at radius 1 is 1.00 bits per heavy atom. The van der Waals surface area contributed by atoms with E-state index in [2.05, 4.69) is 20.8 Å². The second kappa shape index (κ2) is 7.24. The van der Waals surface area contributed by atoms with Crippen LogP contribution in [0.4, 0.5) is 0 Å². The summed E-state index contributed by atoms with van der Waals surface area (Å²) in [4.78, 5) is 0. The van der Waals surface area contributed by atoms with Crippen molar-refractivity contribution in [3.05, 3.63) is 0 Å². The number of hydrogen-bond donors (Lipinski definition) is 2. The fourth-order valence-corrected chi connectivity index (χ4v) is 2.63. The Labute approximate surface area is 94.7 Å². The molecule has 0 saturated carbocycles. The summed E-state index contributed by atoms with van der Waals surface area (Å²) in [7, 11) is 0. The molecule has 2 nitrogen and oxygen atoms in total. The average Bonchev–Trinajstić information content (AvgIpc) is 2.14. The molecular formula is C13H28O2. The minimum Gasteiger partial charge on any atom is -0.393 e. The first-order chi connectivity index (χ1) is 7.01. The average molecular weight is 216 g/mol. The van der Waals surface area contributed by atoms with Crippen LogP contribution in [0.3, 0.4) is 0 Å². The number of aliphatic hydroxyl groups excluding tert-OH is 1. The van der Waals surface area contributed by atoms with Crippen LogP contribution in [0, 0.1) is 5.92 Å². The molecule has 92 valence electrons. The minimum atomic E-state index is -0.659. The molecule has 2 N–H and O–H groups in total. The first-order valence-corrected chi connectivity index (χ1v) is 6.42. The quantitative estimate of drug-likeness (QED) is 0.654. The molecule has 0 aromatic rings. The van der Waals surface area contributed by atoms with Crippen molar-refractivity contribution >= 4 is 0 Å². The van der Waals surface area contributed by atoms with Crippen molar-refractivity contribution in [2.75, 3.05) is 0 Å². The van der Waals surface area contributed by atoms with Gasteiger partial charge >= 0.3 is 0 Å². The zero-order valence-electron chi connectivity index (χ0n) is 10.8. The van der Waals surface area contributed by atoms with E-state index in [-0.39, 0.29) is 5.92 Å². The van der Waals surface area contributed by atoms with Crippen molar-refractivity contribution in [2.24, 2.45) is 5.92 Å². The van der Waals surface area contributed by atoms with Crippen molar-refractivity contribution in [1.82, 2.24) is 0 Å². The van der Waals surface area contributed by atoms with Gasteiger partial charge in [-0.2, -0.15) is 0 Å². The van der Waals surface area contributed by atoms with E-state index in [0.717, 1.165) is 38.5 Å². The van der Waals surface area contributed by atoms with E-state index in [1.807, 2.05) is 0 Å². The zero-order valence-corrected chi connectivity index (χ0v) is 10.8.